The van der Waals surface area contributed by atoms with Gasteiger partial charge >= 0.3 is 0 Å². The lowest BCUT2D eigenvalue weighted by Crippen LogP contribution is -2.32. The third-order valence-corrected chi connectivity index (χ3v) is 6.01. The summed E-state index contributed by atoms with van der Waals surface area (Å²) in [4.78, 5) is 12.6. The SMILES string of the molecule is CCC(c1ccccc1)c1nnc(NC(=O)c2ccn(C3CCCNC3)n2)s1.Cl. The quantitative estimate of drug-likeness (QED) is 0.617. The molecule has 0 saturated carbocycles. The van der Waals surface area contributed by atoms with Gasteiger partial charge in [0.15, 0.2) is 5.69 Å². The lowest BCUT2D eigenvalue weighted by Gasteiger charge is -2.22. The van der Waals surface area contributed by atoms with Crippen LogP contribution >= 0.6 is 23.7 Å². The molecule has 9 heteroatoms. The molecule has 7 nitrogen and oxygen atoms in total. The zero-order valence-corrected chi connectivity index (χ0v) is 17.9. The van der Waals surface area contributed by atoms with Crippen molar-refractivity contribution < 1.29 is 4.79 Å². The van der Waals surface area contributed by atoms with Crippen molar-refractivity contribution in [1.29, 1.82) is 0 Å². The summed E-state index contributed by atoms with van der Waals surface area (Å²) in [7, 11) is 0. The third-order valence-electron chi connectivity index (χ3n) is 5.06. The van der Waals surface area contributed by atoms with Gasteiger partial charge in [-0.3, -0.25) is 14.8 Å². The van der Waals surface area contributed by atoms with E-state index in [1.807, 2.05) is 29.1 Å². The van der Waals surface area contributed by atoms with Gasteiger partial charge in [-0.05, 0) is 37.4 Å². The lowest BCUT2D eigenvalue weighted by atomic mass is 9.97. The van der Waals surface area contributed by atoms with Gasteiger partial charge < -0.3 is 5.32 Å². The maximum Gasteiger partial charge on any atom is 0.277 e. The van der Waals surface area contributed by atoms with Crippen molar-refractivity contribution in [3.8, 4) is 0 Å². The second kappa shape index (κ2) is 9.96. The van der Waals surface area contributed by atoms with Crippen molar-refractivity contribution in [2.75, 3.05) is 18.4 Å². The van der Waals surface area contributed by atoms with Crippen molar-refractivity contribution in [2.24, 2.45) is 0 Å². The lowest BCUT2D eigenvalue weighted by molar-refractivity contribution is 0.102. The molecule has 1 saturated heterocycles. The van der Waals surface area contributed by atoms with Crippen LogP contribution in [-0.4, -0.2) is 39.0 Å². The smallest absolute Gasteiger partial charge is 0.277 e. The molecule has 0 bridgehead atoms. The molecule has 0 aliphatic carbocycles. The monoisotopic (exact) mass is 432 g/mol. The van der Waals surface area contributed by atoms with E-state index >= 15 is 0 Å². The average Bonchev–Trinajstić information content (AvgIpc) is 3.40. The molecule has 1 aromatic carbocycles. The largest absolute Gasteiger partial charge is 0.315 e. The van der Waals surface area contributed by atoms with Crippen LogP contribution in [0.2, 0.25) is 0 Å². The van der Waals surface area contributed by atoms with Crippen molar-refractivity contribution in [1.82, 2.24) is 25.3 Å². The molecule has 154 valence electrons. The Labute approximate surface area is 180 Å². The van der Waals surface area contributed by atoms with Crippen LogP contribution in [0.3, 0.4) is 0 Å². The van der Waals surface area contributed by atoms with Crippen LogP contribution in [0.1, 0.15) is 59.2 Å². The third kappa shape index (κ3) is 5.01. The number of hydrogen-bond acceptors (Lipinski definition) is 6. The van der Waals surface area contributed by atoms with E-state index in [0.717, 1.165) is 37.4 Å². The number of benzene rings is 1. The highest BCUT2D eigenvalue weighted by Gasteiger charge is 2.20. The molecule has 2 aromatic heterocycles. The number of nitrogens with one attached hydrogen (secondary N) is 2. The van der Waals surface area contributed by atoms with Gasteiger partial charge in [0.2, 0.25) is 5.13 Å². The predicted octanol–water partition coefficient (Wildman–Crippen LogP) is 3.88. The Morgan fingerprint density at radius 1 is 1.31 bits per heavy atom. The first-order valence-electron chi connectivity index (χ1n) is 9.70. The number of hydrogen-bond donors (Lipinski definition) is 2. The number of anilines is 1. The second-order valence-corrected chi connectivity index (χ2v) is 7.96. The van der Waals surface area contributed by atoms with Crippen LogP contribution in [0, 0.1) is 0 Å². The Morgan fingerprint density at radius 3 is 2.86 bits per heavy atom. The number of nitrogens with zero attached hydrogens (tertiary/aromatic N) is 4. The molecule has 3 aromatic rings. The van der Waals surface area contributed by atoms with Crippen LogP contribution in [0.5, 0.6) is 0 Å². The highest BCUT2D eigenvalue weighted by Crippen LogP contribution is 2.31. The number of carbonyl (C=O) groups is 1. The summed E-state index contributed by atoms with van der Waals surface area (Å²) >= 11 is 1.42. The number of piperidine rings is 1. The van der Waals surface area contributed by atoms with Gasteiger partial charge in [0, 0.05) is 18.7 Å². The first-order valence-corrected chi connectivity index (χ1v) is 10.5. The first-order chi connectivity index (χ1) is 13.7. The highest BCUT2D eigenvalue weighted by molar-refractivity contribution is 7.15. The maximum atomic E-state index is 12.6. The standard InChI is InChI=1S/C20H24N6OS.ClH/c1-2-16(14-7-4-3-5-8-14)19-23-24-20(28-19)22-18(27)17-10-12-26(25-17)15-9-6-11-21-13-15;/h3-5,7-8,10,12,15-16,21H,2,6,9,11,13H2,1H3,(H,22,24,27);1H. The molecule has 0 radical (unpaired) electrons. The van der Waals surface area contributed by atoms with Gasteiger partial charge in [-0.25, -0.2) is 0 Å². The van der Waals surface area contributed by atoms with E-state index in [2.05, 4.69) is 45.0 Å². The van der Waals surface area contributed by atoms with E-state index in [-0.39, 0.29) is 24.2 Å². The summed E-state index contributed by atoms with van der Waals surface area (Å²) in [6, 6.07) is 12.3. The Bertz CT molecular complexity index is 922. The van der Waals surface area contributed by atoms with Gasteiger partial charge in [-0.15, -0.1) is 22.6 Å². The minimum Gasteiger partial charge on any atom is -0.315 e. The van der Waals surface area contributed by atoms with Gasteiger partial charge in [-0.2, -0.15) is 5.10 Å². The molecule has 1 fully saturated rings. The fourth-order valence-electron chi connectivity index (χ4n) is 3.55. The molecule has 3 heterocycles. The fourth-order valence-corrected chi connectivity index (χ4v) is 4.50. The van der Waals surface area contributed by atoms with E-state index in [1.165, 1.54) is 16.9 Å². The van der Waals surface area contributed by atoms with E-state index in [9.17, 15) is 4.79 Å². The number of amides is 1. The van der Waals surface area contributed by atoms with E-state index < -0.39 is 0 Å². The Kier molecular flexibility index (Phi) is 7.35. The minimum atomic E-state index is -0.252. The molecule has 1 aliphatic heterocycles. The van der Waals surface area contributed by atoms with Crippen molar-refractivity contribution in [3.05, 3.63) is 58.9 Å². The number of halogens is 1. The molecule has 2 N–H and O–H groups in total. The molecule has 1 amide bonds. The van der Waals surface area contributed by atoms with Crippen LogP contribution in [0.15, 0.2) is 42.6 Å². The average molecular weight is 433 g/mol. The number of aromatic nitrogens is 4. The van der Waals surface area contributed by atoms with Crippen LogP contribution in [0.4, 0.5) is 5.13 Å². The topological polar surface area (TPSA) is 84.7 Å². The van der Waals surface area contributed by atoms with Gasteiger partial charge in [-0.1, -0.05) is 48.6 Å². The Balaban J connectivity index is 0.00000240. The maximum absolute atomic E-state index is 12.6. The zero-order chi connectivity index (χ0) is 19.3. The molecular formula is C20H25ClN6OS. The highest BCUT2D eigenvalue weighted by atomic mass is 35.5. The fraction of sp³-hybridized carbons (Fsp3) is 0.400. The molecule has 2 unspecified atom stereocenters. The van der Waals surface area contributed by atoms with Crippen LogP contribution in [0.25, 0.3) is 0 Å². The summed E-state index contributed by atoms with van der Waals surface area (Å²) in [6.45, 7) is 4.07. The normalized spacial score (nSPS) is 17.3. The van der Waals surface area contributed by atoms with E-state index in [1.54, 1.807) is 6.07 Å². The second-order valence-electron chi connectivity index (χ2n) is 6.95. The summed E-state index contributed by atoms with van der Waals surface area (Å²) in [5.74, 6) is -0.0691. The zero-order valence-electron chi connectivity index (χ0n) is 16.2. The van der Waals surface area contributed by atoms with Crippen molar-refractivity contribution >= 4 is 34.8 Å². The minimum absolute atomic E-state index is 0. The molecular weight excluding hydrogens is 408 g/mol. The Morgan fingerprint density at radius 2 is 2.14 bits per heavy atom. The predicted molar refractivity (Wildman–Crippen MR) is 117 cm³/mol. The van der Waals surface area contributed by atoms with Gasteiger partial charge in [0.1, 0.15) is 5.01 Å². The molecule has 2 atom stereocenters. The molecule has 29 heavy (non-hydrogen) atoms. The Hall–Kier alpha value is -2.29. The van der Waals surface area contributed by atoms with E-state index in [4.69, 9.17) is 0 Å². The van der Waals surface area contributed by atoms with E-state index in [0.29, 0.717) is 16.9 Å². The summed E-state index contributed by atoms with van der Waals surface area (Å²) in [6.07, 6.45) is 5.00. The molecule has 4 rings (SSSR count). The first kappa shape index (κ1) is 21.4. The van der Waals surface area contributed by atoms with Gasteiger partial charge in [0.25, 0.3) is 5.91 Å². The van der Waals surface area contributed by atoms with Gasteiger partial charge in [0.05, 0.1) is 6.04 Å². The summed E-state index contributed by atoms with van der Waals surface area (Å²) in [5.41, 5.74) is 1.61. The van der Waals surface area contributed by atoms with Crippen molar-refractivity contribution in [3.63, 3.8) is 0 Å². The molecule has 0 spiro atoms. The number of rotatable bonds is 6. The summed E-state index contributed by atoms with van der Waals surface area (Å²) in [5, 5.41) is 20.5. The van der Waals surface area contributed by atoms with Crippen LogP contribution in [-0.2, 0) is 0 Å². The van der Waals surface area contributed by atoms with Crippen LogP contribution < -0.4 is 10.6 Å². The summed E-state index contributed by atoms with van der Waals surface area (Å²) < 4.78 is 1.88. The number of carbonyl (C=O) groups excluding carboxylic acids is 1. The van der Waals surface area contributed by atoms with Crippen molar-refractivity contribution in [2.45, 2.75) is 38.1 Å². The molecule has 1 aliphatic rings.